The Morgan fingerprint density at radius 3 is 2.79 bits per heavy atom. The van der Waals surface area contributed by atoms with Gasteiger partial charge < -0.3 is 4.74 Å². The van der Waals surface area contributed by atoms with E-state index in [0.717, 1.165) is 13.3 Å². The highest BCUT2D eigenvalue weighted by Gasteiger charge is 2.35. The fourth-order valence-electron chi connectivity index (χ4n) is 0.918. The van der Waals surface area contributed by atoms with Crippen molar-refractivity contribution in [3.8, 4) is 0 Å². The van der Waals surface area contributed by atoms with E-state index in [1.807, 2.05) is 0 Å². The average molecular weight is 208 g/mol. The van der Waals surface area contributed by atoms with Crippen LogP contribution in [0.3, 0.4) is 0 Å². The van der Waals surface area contributed by atoms with Crippen molar-refractivity contribution < 1.29 is 22.7 Å². The molecule has 0 radical (unpaired) electrons. The molecular formula is C7H7F3N2O2. The van der Waals surface area contributed by atoms with E-state index in [0.29, 0.717) is 0 Å². The van der Waals surface area contributed by atoms with E-state index in [1.54, 1.807) is 5.10 Å². The van der Waals surface area contributed by atoms with Gasteiger partial charge >= 0.3 is 12.1 Å². The smallest absolute Gasteiger partial charge is 0.433 e. The minimum atomic E-state index is -4.53. The molecule has 0 aliphatic heterocycles. The Balaban J connectivity index is 2.88. The second-order valence-corrected chi connectivity index (χ2v) is 2.52. The summed E-state index contributed by atoms with van der Waals surface area (Å²) in [4.78, 5) is 10.7. The first-order chi connectivity index (χ1) is 6.45. The predicted octanol–water partition coefficient (Wildman–Crippen LogP) is 1.14. The van der Waals surface area contributed by atoms with Gasteiger partial charge in [0.25, 0.3) is 0 Å². The van der Waals surface area contributed by atoms with Gasteiger partial charge in [-0.3, -0.25) is 9.89 Å². The lowest BCUT2D eigenvalue weighted by atomic mass is 10.2. The number of methoxy groups -OCH3 is 1. The Morgan fingerprint density at radius 1 is 1.64 bits per heavy atom. The number of aromatic nitrogens is 2. The molecule has 1 aromatic rings. The number of esters is 1. The molecule has 0 saturated heterocycles. The molecule has 0 bridgehead atoms. The standard InChI is InChI=1S/C7H7F3N2O2/c1-14-5(13)2-4-3-11-12-6(4)7(8,9)10/h3H,2H2,1H3,(H,11,12). The zero-order valence-corrected chi connectivity index (χ0v) is 7.18. The molecule has 0 fully saturated rings. The fourth-order valence-corrected chi connectivity index (χ4v) is 0.918. The van der Waals surface area contributed by atoms with Crippen LogP contribution in [0.1, 0.15) is 11.3 Å². The zero-order chi connectivity index (χ0) is 10.8. The van der Waals surface area contributed by atoms with E-state index >= 15 is 0 Å². The summed E-state index contributed by atoms with van der Waals surface area (Å²) < 4.78 is 40.9. The minimum Gasteiger partial charge on any atom is -0.469 e. The van der Waals surface area contributed by atoms with Crippen molar-refractivity contribution in [2.45, 2.75) is 12.6 Å². The maximum Gasteiger partial charge on any atom is 0.433 e. The first kappa shape index (κ1) is 10.6. The molecule has 0 unspecified atom stereocenters. The highest BCUT2D eigenvalue weighted by molar-refractivity contribution is 5.72. The van der Waals surface area contributed by atoms with Gasteiger partial charge in [-0.2, -0.15) is 18.3 Å². The van der Waals surface area contributed by atoms with E-state index < -0.39 is 24.3 Å². The van der Waals surface area contributed by atoms with Crippen LogP contribution >= 0.6 is 0 Å². The number of rotatable bonds is 2. The molecule has 0 aromatic carbocycles. The molecule has 7 heteroatoms. The van der Waals surface area contributed by atoms with Crippen molar-refractivity contribution in [3.63, 3.8) is 0 Å². The lowest BCUT2D eigenvalue weighted by Crippen LogP contribution is -2.12. The van der Waals surface area contributed by atoms with Crippen molar-refractivity contribution in [1.29, 1.82) is 0 Å². The lowest BCUT2D eigenvalue weighted by Gasteiger charge is -2.05. The lowest BCUT2D eigenvalue weighted by molar-refractivity contribution is -0.143. The van der Waals surface area contributed by atoms with E-state index in [4.69, 9.17) is 0 Å². The zero-order valence-electron chi connectivity index (χ0n) is 7.18. The van der Waals surface area contributed by atoms with Gasteiger partial charge in [0.15, 0.2) is 0 Å². The van der Waals surface area contributed by atoms with Crippen molar-refractivity contribution in [1.82, 2.24) is 10.2 Å². The molecule has 0 saturated carbocycles. The number of nitrogens with one attached hydrogen (secondary N) is 1. The minimum absolute atomic E-state index is 0.218. The molecule has 4 nitrogen and oxygen atoms in total. The van der Waals surface area contributed by atoms with Crippen LogP contribution < -0.4 is 0 Å². The number of hydrogen-bond acceptors (Lipinski definition) is 3. The third kappa shape index (κ3) is 2.24. The summed E-state index contributed by atoms with van der Waals surface area (Å²) in [6, 6.07) is 0. The first-order valence-electron chi connectivity index (χ1n) is 3.61. The molecule has 1 N–H and O–H groups in total. The maximum atomic E-state index is 12.2. The number of carbonyl (C=O) groups is 1. The van der Waals surface area contributed by atoms with Crippen LogP contribution in [0, 0.1) is 0 Å². The van der Waals surface area contributed by atoms with Gasteiger partial charge in [-0.05, 0) is 0 Å². The van der Waals surface area contributed by atoms with Crippen molar-refractivity contribution in [2.75, 3.05) is 7.11 Å². The van der Waals surface area contributed by atoms with Crippen molar-refractivity contribution >= 4 is 5.97 Å². The summed E-state index contributed by atoms with van der Waals surface area (Å²) in [5.41, 5.74) is -1.23. The van der Waals surface area contributed by atoms with Gasteiger partial charge in [0, 0.05) is 5.56 Å². The van der Waals surface area contributed by atoms with E-state index in [9.17, 15) is 18.0 Å². The van der Waals surface area contributed by atoms with Crippen LogP contribution in [0.5, 0.6) is 0 Å². The number of carbonyl (C=O) groups excluding carboxylic acids is 1. The predicted molar refractivity (Wildman–Crippen MR) is 39.3 cm³/mol. The van der Waals surface area contributed by atoms with Gasteiger partial charge in [-0.1, -0.05) is 0 Å². The van der Waals surface area contributed by atoms with Crippen LogP contribution in [0.15, 0.2) is 6.20 Å². The highest BCUT2D eigenvalue weighted by atomic mass is 19.4. The fraction of sp³-hybridized carbons (Fsp3) is 0.429. The molecule has 14 heavy (non-hydrogen) atoms. The molecule has 0 aliphatic carbocycles. The molecule has 0 spiro atoms. The van der Waals surface area contributed by atoms with Crippen LogP contribution in [0.4, 0.5) is 13.2 Å². The SMILES string of the molecule is COC(=O)Cc1cn[nH]c1C(F)(F)F. The van der Waals surface area contributed by atoms with Crippen LogP contribution in [0.25, 0.3) is 0 Å². The summed E-state index contributed by atoms with van der Waals surface area (Å²) in [7, 11) is 1.11. The van der Waals surface area contributed by atoms with Crippen molar-refractivity contribution in [2.24, 2.45) is 0 Å². The summed E-state index contributed by atoms with van der Waals surface area (Å²) in [5.74, 6) is -0.739. The summed E-state index contributed by atoms with van der Waals surface area (Å²) in [6.45, 7) is 0. The molecule has 78 valence electrons. The molecule has 1 heterocycles. The van der Waals surface area contributed by atoms with Gasteiger partial charge in [-0.25, -0.2) is 0 Å². The Labute approximate surface area is 77.1 Å². The first-order valence-corrected chi connectivity index (χ1v) is 3.61. The monoisotopic (exact) mass is 208 g/mol. The molecule has 0 aliphatic rings. The maximum absolute atomic E-state index is 12.2. The summed E-state index contributed by atoms with van der Waals surface area (Å²) in [5, 5.41) is 5.02. The molecule has 1 rings (SSSR count). The number of H-pyrrole nitrogens is 1. The van der Waals surface area contributed by atoms with Crippen LogP contribution in [0.2, 0.25) is 0 Å². The Hall–Kier alpha value is -1.53. The average Bonchev–Trinajstić information content (AvgIpc) is 2.51. The second kappa shape index (κ2) is 3.69. The van der Waals surface area contributed by atoms with Gasteiger partial charge in [-0.15, -0.1) is 0 Å². The van der Waals surface area contributed by atoms with E-state index in [2.05, 4.69) is 9.84 Å². The summed E-state index contributed by atoms with van der Waals surface area (Å²) in [6.07, 6.45) is -4.01. The quantitative estimate of drug-likeness (QED) is 0.741. The van der Waals surface area contributed by atoms with E-state index in [-0.39, 0.29) is 5.56 Å². The number of aromatic amines is 1. The largest absolute Gasteiger partial charge is 0.469 e. The second-order valence-electron chi connectivity index (χ2n) is 2.52. The van der Waals surface area contributed by atoms with Crippen LogP contribution in [-0.2, 0) is 22.1 Å². The Morgan fingerprint density at radius 2 is 2.29 bits per heavy atom. The number of alkyl halides is 3. The third-order valence-electron chi connectivity index (χ3n) is 1.56. The summed E-state index contributed by atoms with van der Waals surface area (Å²) >= 11 is 0. The normalized spacial score (nSPS) is 11.4. The number of halogens is 3. The molecule has 0 atom stereocenters. The number of nitrogens with zero attached hydrogens (tertiary/aromatic N) is 1. The molecular weight excluding hydrogens is 201 g/mol. The van der Waals surface area contributed by atoms with Crippen LogP contribution in [-0.4, -0.2) is 23.3 Å². The number of ether oxygens (including phenoxy) is 1. The molecule has 1 aromatic heterocycles. The topological polar surface area (TPSA) is 55.0 Å². The van der Waals surface area contributed by atoms with Gasteiger partial charge in [0.2, 0.25) is 0 Å². The Kier molecular flexibility index (Phi) is 2.78. The Bertz CT molecular complexity index is 332. The van der Waals surface area contributed by atoms with E-state index in [1.165, 1.54) is 0 Å². The van der Waals surface area contributed by atoms with Gasteiger partial charge in [0.05, 0.1) is 19.7 Å². The highest BCUT2D eigenvalue weighted by Crippen LogP contribution is 2.30. The molecule has 0 amide bonds. The van der Waals surface area contributed by atoms with Gasteiger partial charge in [0.1, 0.15) is 5.69 Å². The van der Waals surface area contributed by atoms with Crippen molar-refractivity contribution in [3.05, 3.63) is 17.5 Å². The third-order valence-corrected chi connectivity index (χ3v) is 1.56. The number of hydrogen-bond donors (Lipinski definition) is 1.